The van der Waals surface area contributed by atoms with Crippen LogP contribution in [0, 0.1) is 13.8 Å². The zero-order valence-corrected chi connectivity index (χ0v) is 15.6. The average Bonchev–Trinajstić information content (AvgIpc) is 3.22. The molecule has 0 unspecified atom stereocenters. The topological polar surface area (TPSA) is 94.5 Å². The molecule has 0 spiro atoms. The Morgan fingerprint density at radius 1 is 1.27 bits per heavy atom. The number of nitrogens with two attached hydrogens (primary N) is 1. The van der Waals surface area contributed by atoms with Crippen LogP contribution in [0.1, 0.15) is 48.5 Å². The number of likely N-dealkylation sites (N-methyl/N-ethyl adjacent to an activating group) is 1. The highest BCUT2D eigenvalue weighted by Gasteiger charge is 2.43. The highest BCUT2D eigenvalue weighted by Crippen LogP contribution is 2.35. The Labute approximate surface area is 153 Å². The largest absolute Gasteiger partial charge is 0.485 e. The van der Waals surface area contributed by atoms with E-state index in [1.807, 2.05) is 37.9 Å². The molecule has 1 saturated carbocycles. The lowest BCUT2D eigenvalue weighted by Crippen LogP contribution is -2.53. The van der Waals surface area contributed by atoms with Crippen LogP contribution in [0.2, 0.25) is 0 Å². The molecule has 7 heteroatoms. The second-order valence-electron chi connectivity index (χ2n) is 7.18. The summed E-state index contributed by atoms with van der Waals surface area (Å²) in [5.74, 6) is 1.44. The highest BCUT2D eigenvalue weighted by molar-refractivity contribution is 5.84. The van der Waals surface area contributed by atoms with Gasteiger partial charge in [-0.15, -0.1) is 0 Å². The van der Waals surface area contributed by atoms with Gasteiger partial charge in [-0.25, -0.2) is 0 Å². The maximum Gasteiger partial charge on any atom is 0.240 e. The van der Waals surface area contributed by atoms with Gasteiger partial charge in [0.15, 0.2) is 6.61 Å². The summed E-state index contributed by atoms with van der Waals surface area (Å²) in [4.78, 5) is 18.3. The van der Waals surface area contributed by atoms with Gasteiger partial charge in [0.05, 0.1) is 6.54 Å². The Bertz CT molecular complexity index is 761. The van der Waals surface area contributed by atoms with E-state index in [2.05, 4.69) is 16.2 Å². The van der Waals surface area contributed by atoms with E-state index in [0.717, 1.165) is 42.6 Å². The van der Waals surface area contributed by atoms with E-state index in [-0.39, 0.29) is 12.5 Å². The van der Waals surface area contributed by atoms with Crippen molar-refractivity contribution in [3.05, 3.63) is 41.0 Å². The molecule has 1 heterocycles. The molecule has 0 bridgehead atoms. The van der Waals surface area contributed by atoms with Crippen molar-refractivity contribution in [1.29, 1.82) is 0 Å². The van der Waals surface area contributed by atoms with Gasteiger partial charge in [-0.3, -0.25) is 9.69 Å². The number of aromatic nitrogens is 2. The minimum Gasteiger partial charge on any atom is -0.485 e. The summed E-state index contributed by atoms with van der Waals surface area (Å²) >= 11 is 0. The van der Waals surface area contributed by atoms with Crippen molar-refractivity contribution in [1.82, 2.24) is 15.0 Å². The van der Waals surface area contributed by atoms with Gasteiger partial charge in [0.2, 0.25) is 17.6 Å². The Kier molecular flexibility index (Phi) is 5.27. The molecule has 26 heavy (non-hydrogen) atoms. The van der Waals surface area contributed by atoms with Gasteiger partial charge in [-0.2, -0.15) is 4.98 Å². The van der Waals surface area contributed by atoms with E-state index in [4.69, 9.17) is 15.0 Å². The Balaban J connectivity index is 1.61. The van der Waals surface area contributed by atoms with Crippen molar-refractivity contribution >= 4 is 5.91 Å². The zero-order valence-electron chi connectivity index (χ0n) is 15.6. The molecular weight excluding hydrogens is 332 g/mol. The molecule has 2 aromatic rings. The molecule has 0 atom stereocenters. The van der Waals surface area contributed by atoms with Crippen molar-refractivity contribution in [2.75, 3.05) is 7.05 Å². The molecule has 0 aliphatic heterocycles. The van der Waals surface area contributed by atoms with Crippen LogP contribution in [0.5, 0.6) is 5.75 Å². The number of nitrogens with zero attached hydrogens (tertiary/aromatic N) is 3. The molecule has 1 fully saturated rings. The van der Waals surface area contributed by atoms with E-state index in [1.54, 1.807) is 0 Å². The number of ether oxygens (including phenoxy) is 1. The maximum absolute atomic E-state index is 12.0. The number of benzene rings is 1. The second-order valence-corrected chi connectivity index (χ2v) is 7.18. The first kappa shape index (κ1) is 18.4. The van der Waals surface area contributed by atoms with Gasteiger partial charge in [0.1, 0.15) is 11.3 Å². The fourth-order valence-electron chi connectivity index (χ4n) is 3.71. The molecule has 1 aromatic carbocycles. The third-order valence-corrected chi connectivity index (χ3v) is 5.07. The van der Waals surface area contributed by atoms with Crippen molar-refractivity contribution in [3.63, 3.8) is 0 Å². The molecular formula is C19H26N4O3. The summed E-state index contributed by atoms with van der Waals surface area (Å²) in [6, 6.07) is 6.03. The molecule has 2 N–H and O–H groups in total. The monoisotopic (exact) mass is 358 g/mol. The van der Waals surface area contributed by atoms with Gasteiger partial charge < -0.3 is 15.0 Å². The molecule has 1 aliphatic carbocycles. The molecule has 1 aromatic heterocycles. The van der Waals surface area contributed by atoms with Gasteiger partial charge in [0.25, 0.3) is 0 Å². The van der Waals surface area contributed by atoms with E-state index in [9.17, 15) is 4.79 Å². The predicted molar refractivity (Wildman–Crippen MR) is 96.4 cm³/mol. The van der Waals surface area contributed by atoms with Crippen LogP contribution in [-0.4, -0.2) is 33.5 Å². The summed E-state index contributed by atoms with van der Waals surface area (Å²) in [5, 5.41) is 3.97. The molecule has 0 saturated heterocycles. The number of amides is 1. The number of carbonyl (C=O) groups is 1. The fraction of sp³-hybridized carbons (Fsp3) is 0.526. The van der Waals surface area contributed by atoms with Gasteiger partial charge >= 0.3 is 0 Å². The lowest BCUT2D eigenvalue weighted by atomic mass is 9.95. The Hall–Kier alpha value is -2.41. The molecule has 140 valence electrons. The summed E-state index contributed by atoms with van der Waals surface area (Å²) in [7, 11) is 1.88. The third kappa shape index (κ3) is 3.88. The second kappa shape index (κ2) is 7.45. The maximum atomic E-state index is 12.0. The van der Waals surface area contributed by atoms with E-state index < -0.39 is 5.54 Å². The standard InChI is InChI=1S/C19H26N4O3/c1-13-8-14(2)10-15(9-13)25-12-16-21-17(26-22-16)11-23(3)19(18(20)24)6-4-5-7-19/h8-10H,4-7,11-12H2,1-3H3,(H2,20,24). The number of carbonyl (C=O) groups excluding carboxylic acids is 1. The molecule has 0 radical (unpaired) electrons. The quantitative estimate of drug-likeness (QED) is 0.817. The molecule has 3 rings (SSSR count). The summed E-state index contributed by atoms with van der Waals surface area (Å²) < 4.78 is 11.1. The number of aryl methyl sites for hydroxylation is 2. The summed E-state index contributed by atoms with van der Waals surface area (Å²) in [6.07, 6.45) is 3.56. The van der Waals surface area contributed by atoms with Crippen LogP contribution < -0.4 is 10.5 Å². The molecule has 1 amide bonds. The zero-order chi connectivity index (χ0) is 18.7. The lowest BCUT2D eigenvalue weighted by molar-refractivity contribution is -0.129. The lowest BCUT2D eigenvalue weighted by Gasteiger charge is -2.34. The van der Waals surface area contributed by atoms with Crippen LogP contribution in [0.25, 0.3) is 0 Å². The Morgan fingerprint density at radius 3 is 2.54 bits per heavy atom. The first-order chi connectivity index (χ1) is 12.4. The number of hydrogen-bond donors (Lipinski definition) is 1. The number of rotatable bonds is 7. The van der Waals surface area contributed by atoms with Crippen molar-refractivity contribution in [2.45, 2.75) is 58.2 Å². The summed E-state index contributed by atoms with van der Waals surface area (Å²) in [5.41, 5.74) is 7.34. The van der Waals surface area contributed by atoms with Crippen molar-refractivity contribution in [2.24, 2.45) is 5.73 Å². The minimum absolute atomic E-state index is 0.233. The molecule has 1 aliphatic rings. The van der Waals surface area contributed by atoms with Gasteiger partial charge in [-0.1, -0.05) is 24.1 Å². The SMILES string of the molecule is Cc1cc(C)cc(OCc2noc(CN(C)C3(C(N)=O)CCCC3)n2)c1. The van der Waals surface area contributed by atoms with Crippen LogP contribution in [0.15, 0.2) is 22.7 Å². The van der Waals surface area contributed by atoms with Crippen LogP contribution in [0.3, 0.4) is 0 Å². The highest BCUT2D eigenvalue weighted by atomic mass is 16.5. The van der Waals surface area contributed by atoms with Gasteiger partial charge in [0, 0.05) is 0 Å². The fourth-order valence-corrected chi connectivity index (χ4v) is 3.71. The minimum atomic E-state index is -0.607. The van der Waals surface area contributed by atoms with Crippen LogP contribution in [0.4, 0.5) is 0 Å². The third-order valence-electron chi connectivity index (χ3n) is 5.07. The van der Waals surface area contributed by atoms with Gasteiger partial charge in [-0.05, 0) is 57.0 Å². The van der Waals surface area contributed by atoms with Crippen LogP contribution >= 0.6 is 0 Å². The predicted octanol–water partition coefficient (Wildman–Crippen LogP) is 2.50. The first-order valence-corrected chi connectivity index (χ1v) is 8.93. The van der Waals surface area contributed by atoms with Crippen molar-refractivity contribution < 1.29 is 14.1 Å². The molecule has 7 nitrogen and oxygen atoms in total. The number of primary amides is 1. The summed E-state index contributed by atoms with van der Waals surface area (Å²) in [6.45, 7) is 4.68. The average molecular weight is 358 g/mol. The van der Waals surface area contributed by atoms with E-state index in [0.29, 0.717) is 18.3 Å². The Morgan fingerprint density at radius 2 is 1.92 bits per heavy atom. The van der Waals surface area contributed by atoms with E-state index >= 15 is 0 Å². The smallest absolute Gasteiger partial charge is 0.240 e. The first-order valence-electron chi connectivity index (χ1n) is 8.93. The van der Waals surface area contributed by atoms with Crippen LogP contribution in [-0.2, 0) is 17.9 Å². The number of hydrogen-bond acceptors (Lipinski definition) is 6. The normalized spacial score (nSPS) is 16.2. The van der Waals surface area contributed by atoms with E-state index in [1.165, 1.54) is 0 Å². The van der Waals surface area contributed by atoms with Crippen molar-refractivity contribution in [3.8, 4) is 5.75 Å².